The van der Waals surface area contributed by atoms with Crippen molar-refractivity contribution in [3.05, 3.63) is 12.7 Å². The molecule has 4 nitrogen and oxygen atoms in total. The SMILES string of the molecule is C=CC.CCCCCCCCCCN.CCCS(=O)(=O)O. The lowest BCUT2D eigenvalue weighted by molar-refractivity contribution is 0.482. The molecule has 0 amide bonds. The van der Waals surface area contributed by atoms with Gasteiger partial charge in [0.25, 0.3) is 10.1 Å². The average Bonchev–Trinajstić information content (AvgIpc) is 2.38. The largest absolute Gasteiger partial charge is 0.330 e. The molecule has 0 aromatic carbocycles. The van der Waals surface area contributed by atoms with Gasteiger partial charge >= 0.3 is 0 Å². The monoisotopic (exact) mass is 323 g/mol. The summed E-state index contributed by atoms with van der Waals surface area (Å²) in [6, 6.07) is 0. The molecule has 0 aliphatic carbocycles. The number of unbranched alkanes of at least 4 members (excludes halogenated alkanes) is 7. The summed E-state index contributed by atoms with van der Waals surface area (Å²) in [5, 5.41) is 0. The van der Waals surface area contributed by atoms with Crippen LogP contribution in [-0.4, -0.2) is 25.3 Å². The van der Waals surface area contributed by atoms with Gasteiger partial charge in [0.15, 0.2) is 0 Å². The summed E-state index contributed by atoms with van der Waals surface area (Å²) in [6.45, 7) is 10.1. The van der Waals surface area contributed by atoms with E-state index < -0.39 is 10.1 Å². The molecule has 0 bridgehead atoms. The van der Waals surface area contributed by atoms with Crippen LogP contribution in [0.15, 0.2) is 12.7 Å². The van der Waals surface area contributed by atoms with Crippen molar-refractivity contribution in [2.45, 2.75) is 78.6 Å². The van der Waals surface area contributed by atoms with Gasteiger partial charge in [-0.25, -0.2) is 0 Å². The fraction of sp³-hybridized carbons (Fsp3) is 0.875. The molecule has 0 radical (unpaired) electrons. The topological polar surface area (TPSA) is 80.4 Å². The lowest BCUT2D eigenvalue weighted by Crippen LogP contribution is -2.01. The first-order valence-corrected chi connectivity index (χ1v) is 9.72. The van der Waals surface area contributed by atoms with Crippen molar-refractivity contribution in [3.63, 3.8) is 0 Å². The van der Waals surface area contributed by atoms with E-state index in [2.05, 4.69) is 13.5 Å². The van der Waals surface area contributed by atoms with Gasteiger partial charge in [-0.3, -0.25) is 4.55 Å². The van der Waals surface area contributed by atoms with E-state index in [1.54, 1.807) is 13.0 Å². The van der Waals surface area contributed by atoms with Crippen molar-refractivity contribution >= 4 is 10.1 Å². The Labute approximate surface area is 133 Å². The number of hydrogen-bond acceptors (Lipinski definition) is 3. The van der Waals surface area contributed by atoms with Crippen molar-refractivity contribution in [2.75, 3.05) is 12.3 Å². The summed E-state index contributed by atoms with van der Waals surface area (Å²) >= 11 is 0. The Bertz CT molecular complexity index is 269. The van der Waals surface area contributed by atoms with Gasteiger partial charge in [0.05, 0.1) is 5.75 Å². The van der Waals surface area contributed by atoms with Crippen LogP contribution >= 0.6 is 0 Å². The highest BCUT2D eigenvalue weighted by atomic mass is 32.2. The average molecular weight is 324 g/mol. The molecule has 0 aromatic rings. The van der Waals surface area contributed by atoms with Crippen LogP contribution < -0.4 is 5.73 Å². The van der Waals surface area contributed by atoms with E-state index in [-0.39, 0.29) is 5.75 Å². The van der Waals surface area contributed by atoms with E-state index in [0.717, 1.165) is 6.54 Å². The maximum absolute atomic E-state index is 9.79. The van der Waals surface area contributed by atoms with Gasteiger partial charge in [-0.2, -0.15) is 8.42 Å². The molecular weight excluding hydrogens is 286 g/mol. The van der Waals surface area contributed by atoms with Crippen LogP contribution in [0.5, 0.6) is 0 Å². The molecule has 3 N–H and O–H groups in total. The molecule has 0 heterocycles. The van der Waals surface area contributed by atoms with Crippen molar-refractivity contribution < 1.29 is 13.0 Å². The molecule has 0 rings (SSSR count). The highest BCUT2D eigenvalue weighted by Gasteiger charge is 1.98. The van der Waals surface area contributed by atoms with E-state index in [9.17, 15) is 8.42 Å². The highest BCUT2D eigenvalue weighted by Crippen LogP contribution is 2.07. The number of rotatable bonds is 10. The maximum Gasteiger partial charge on any atom is 0.264 e. The Morgan fingerprint density at radius 1 is 0.952 bits per heavy atom. The van der Waals surface area contributed by atoms with E-state index in [4.69, 9.17) is 10.3 Å². The number of nitrogens with two attached hydrogens (primary N) is 1. The molecule has 0 aliphatic rings. The van der Waals surface area contributed by atoms with E-state index in [1.165, 1.54) is 51.4 Å². The molecule has 0 aliphatic heterocycles. The van der Waals surface area contributed by atoms with Crippen LogP contribution in [0.2, 0.25) is 0 Å². The van der Waals surface area contributed by atoms with Gasteiger partial charge in [0.1, 0.15) is 0 Å². The third-order valence-corrected chi connectivity index (χ3v) is 3.44. The predicted octanol–water partition coefficient (Wildman–Crippen LogP) is 4.56. The second-order valence-electron chi connectivity index (χ2n) is 4.96. The van der Waals surface area contributed by atoms with Crippen molar-refractivity contribution in [2.24, 2.45) is 5.73 Å². The van der Waals surface area contributed by atoms with Gasteiger partial charge in [0, 0.05) is 0 Å². The highest BCUT2D eigenvalue weighted by molar-refractivity contribution is 7.85. The van der Waals surface area contributed by atoms with Crippen LogP contribution in [0, 0.1) is 0 Å². The molecular formula is C16H37NO3S. The second-order valence-corrected chi connectivity index (χ2v) is 6.53. The first-order valence-electron chi connectivity index (χ1n) is 8.11. The summed E-state index contributed by atoms with van der Waals surface area (Å²) in [5.74, 6) is -0.132. The quantitative estimate of drug-likeness (QED) is 0.351. The minimum absolute atomic E-state index is 0.132. The molecule has 21 heavy (non-hydrogen) atoms. The van der Waals surface area contributed by atoms with Crippen molar-refractivity contribution in [1.82, 2.24) is 0 Å². The summed E-state index contributed by atoms with van der Waals surface area (Å²) in [5.41, 5.74) is 5.39. The van der Waals surface area contributed by atoms with Crippen LogP contribution in [0.3, 0.4) is 0 Å². The summed E-state index contributed by atoms with van der Waals surface area (Å²) in [7, 11) is -3.67. The Balaban J connectivity index is -0.000000277. The van der Waals surface area contributed by atoms with E-state index in [1.807, 2.05) is 6.92 Å². The summed E-state index contributed by atoms with van der Waals surface area (Å²) < 4.78 is 27.6. The van der Waals surface area contributed by atoms with Crippen LogP contribution in [0.25, 0.3) is 0 Å². The molecule has 130 valence electrons. The van der Waals surface area contributed by atoms with E-state index in [0.29, 0.717) is 6.42 Å². The van der Waals surface area contributed by atoms with Gasteiger partial charge in [-0.1, -0.05) is 64.9 Å². The third kappa shape index (κ3) is 45.1. The van der Waals surface area contributed by atoms with Crippen LogP contribution in [-0.2, 0) is 10.1 Å². The predicted molar refractivity (Wildman–Crippen MR) is 94.2 cm³/mol. The smallest absolute Gasteiger partial charge is 0.264 e. The first kappa shape index (κ1) is 25.6. The minimum atomic E-state index is -3.67. The lowest BCUT2D eigenvalue weighted by atomic mass is 10.1. The summed E-state index contributed by atoms with van der Waals surface area (Å²) in [4.78, 5) is 0. The molecule has 0 unspecified atom stereocenters. The zero-order chi connectivity index (χ0) is 17.0. The zero-order valence-electron chi connectivity index (χ0n) is 14.3. The Morgan fingerprint density at radius 3 is 1.57 bits per heavy atom. The van der Waals surface area contributed by atoms with Gasteiger partial charge in [-0.05, 0) is 26.3 Å². The zero-order valence-corrected chi connectivity index (χ0v) is 15.1. The molecule has 0 saturated heterocycles. The molecule has 5 heteroatoms. The Hall–Kier alpha value is -0.390. The molecule has 0 fully saturated rings. The standard InChI is InChI=1S/C10H23N.C3H8O3S.C3H6/c1-2-3-4-5-6-7-8-9-10-11;1-2-3-7(4,5)6;1-3-2/h2-11H2,1H3;2-3H2,1H3,(H,4,5,6);3H,1H2,2H3. The molecule has 0 atom stereocenters. The maximum atomic E-state index is 9.79. The molecule has 0 spiro atoms. The van der Waals surface area contributed by atoms with Crippen LogP contribution in [0.1, 0.15) is 78.6 Å². The normalized spacial score (nSPS) is 9.95. The Morgan fingerprint density at radius 2 is 1.33 bits per heavy atom. The fourth-order valence-electron chi connectivity index (χ4n) is 1.54. The fourth-order valence-corrected chi connectivity index (χ4v) is 2.05. The molecule has 0 saturated carbocycles. The van der Waals surface area contributed by atoms with Crippen molar-refractivity contribution in [1.29, 1.82) is 0 Å². The Kier molecular flexibility index (Phi) is 26.7. The lowest BCUT2D eigenvalue weighted by Gasteiger charge is -1.99. The van der Waals surface area contributed by atoms with Gasteiger partial charge < -0.3 is 5.73 Å². The van der Waals surface area contributed by atoms with E-state index >= 15 is 0 Å². The minimum Gasteiger partial charge on any atom is -0.330 e. The van der Waals surface area contributed by atoms with Crippen LogP contribution in [0.4, 0.5) is 0 Å². The third-order valence-electron chi connectivity index (χ3n) is 2.52. The number of hydrogen-bond donors (Lipinski definition) is 2. The van der Waals surface area contributed by atoms with Crippen molar-refractivity contribution in [3.8, 4) is 0 Å². The van der Waals surface area contributed by atoms with Gasteiger partial charge in [0.2, 0.25) is 0 Å². The molecule has 0 aromatic heterocycles. The number of allylic oxidation sites excluding steroid dienone is 1. The summed E-state index contributed by atoms with van der Waals surface area (Å²) in [6.07, 6.45) is 13.2. The second kappa shape index (κ2) is 21.9. The first-order chi connectivity index (χ1) is 9.89. The van der Waals surface area contributed by atoms with Gasteiger partial charge in [-0.15, -0.1) is 6.58 Å².